The van der Waals surface area contributed by atoms with Crippen LogP contribution in [0.2, 0.25) is 0 Å². The summed E-state index contributed by atoms with van der Waals surface area (Å²) in [4.78, 5) is 69.8. The lowest BCUT2D eigenvalue weighted by Gasteiger charge is -2.27. The van der Waals surface area contributed by atoms with Crippen LogP contribution in [0.3, 0.4) is 0 Å². The average Bonchev–Trinajstić information content (AvgIpc) is 3.56. The van der Waals surface area contributed by atoms with E-state index in [4.69, 9.17) is 11.5 Å². The number of nitrogens with one attached hydrogen (secondary N) is 5. The molecular weight excluding hydrogens is 694 g/mol. The molecule has 0 bridgehead atoms. The predicted octanol–water partition coefficient (Wildman–Crippen LogP) is 0.762. The van der Waals surface area contributed by atoms with Gasteiger partial charge in [-0.2, -0.15) is 0 Å². The Balaban J connectivity index is 1.53. The van der Waals surface area contributed by atoms with Crippen molar-refractivity contribution in [3.05, 3.63) is 102 Å². The normalized spacial score (nSPS) is 14.5. The molecule has 0 radical (unpaired) electrons. The van der Waals surface area contributed by atoms with Crippen LogP contribution in [0.25, 0.3) is 10.9 Å². The van der Waals surface area contributed by atoms with E-state index in [-0.39, 0.29) is 31.4 Å². The number of benzene rings is 3. The summed E-state index contributed by atoms with van der Waals surface area (Å²) >= 11 is 0. The Morgan fingerprint density at radius 1 is 0.704 bits per heavy atom. The van der Waals surface area contributed by atoms with E-state index in [2.05, 4.69) is 26.3 Å². The maximum atomic E-state index is 14.1. The van der Waals surface area contributed by atoms with Crippen molar-refractivity contribution < 1.29 is 39.3 Å². The number of para-hydroxylation sites is 1. The molecule has 0 aliphatic carbocycles. The number of aliphatic hydroxyl groups excluding tert-OH is 1. The molecule has 4 amide bonds. The molecule has 1 aromatic heterocycles. The molecule has 0 spiro atoms. The van der Waals surface area contributed by atoms with Crippen molar-refractivity contribution in [1.82, 2.24) is 26.3 Å². The zero-order valence-electron chi connectivity index (χ0n) is 30.0. The van der Waals surface area contributed by atoms with Crippen LogP contribution in [0, 0.1) is 0 Å². The molecule has 54 heavy (non-hydrogen) atoms. The topological polar surface area (TPSA) is 262 Å². The third kappa shape index (κ3) is 11.9. The van der Waals surface area contributed by atoms with Crippen molar-refractivity contribution in [3.63, 3.8) is 0 Å². The fraction of sp³-hybridized carbons (Fsp3) is 0.359. The van der Waals surface area contributed by atoms with E-state index >= 15 is 0 Å². The summed E-state index contributed by atoms with van der Waals surface area (Å²) in [7, 11) is 0. The van der Waals surface area contributed by atoms with Gasteiger partial charge in [-0.15, -0.1) is 0 Å². The van der Waals surface area contributed by atoms with Gasteiger partial charge in [0.2, 0.25) is 23.6 Å². The number of carboxylic acid groups (broad SMARTS) is 1. The number of aromatic amines is 1. The molecule has 0 saturated carbocycles. The van der Waals surface area contributed by atoms with Gasteiger partial charge in [-0.3, -0.25) is 19.2 Å². The van der Waals surface area contributed by atoms with Gasteiger partial charge in [-0.05, 0) is 74.0 Å². The minimum Gasteiger partial charge on any atom is -0.508 e. The highest BCUT2D eigenvalue weighted by Crippen LogP contribution is 2.20. The summed E-state index contributed by atoms with van der Waals surface area (Å²) in [5.74, 6) is -4.31. The monoisotopic (exact) mass is 743 g/mol. The number of aromatic hydroxyl groups is 1. The van der Waals surface area contributed by atoms with E-state index in [0.717, 1.165) is 16.5 Å². The summed E-state index contributed by atoms with van der Waals surface area (Å²) in [6.07, 6.45) is 1.43. The van der Waals surface area contributed by atoms with Crippen molar-refractivity contribution in [3.8, 4) is 5.75 Å². The number of aromatic nitrogens is 1. The van der Waals surface area contributed by atoms with E-state index in [0.29, 0.717) is 30.5 Å². The number of phenolic OH excluding ortho intramolecular Hbond substituents is 1. The quantitative estimate of drug-likeness (QED) is 0.0569. The number of unbranched alkanes of at least 4 members (excludes halogenated alkanes) is 1. The minimum atomic E-state index is -1.57. The molecule has 0 fully saturated rings. The van der Waals surface area contributed by atoms with Crippen LogP contribution in [0.15, 0.2) is 85.1 Å². The molecule has 0 saturated heterocycles. The average molecular weight is 744 g/mol. The number of hydrogen-bond acceptors (Lipinski definition) is 9. The number of fused-ring (bicyclic) bond motifs is 1. The Morgan fingerprint density at radius 3 is 1.98 bits per heavy atom. The first-order valence-corrected chi connectivity index (χ1v) is 17.8. The smallest absolute Gasteiger partial charge is 0.326 e. The molecule has 0 unspecified atom stereocenters. The number of carboxylic acids is 1. The van der Waals surface area contributed by atoms with Crippen LogP contribution >= 0.6 is 0 Å². The SMILES string of the molecule is C[C@@H](O)[C@H](NC(=O)[C@H](CCCCN)NC(=O)[C@@H](Cc1c[nH]c2ccccc12)NC(=O)[C@@H](N)Cc1ccc(O)cc1)C(=O)N[C@@H](Cc1ccccc1)C(=O)O. The summed E-state index contributed by atoms with van der Waals surface area (Å²) in [6.45, 7) is 1.59. The lowest BCUT2D eigenvalue weighted by Crippen LogP contribution is -2.60. The van der Waals surface area contributed by atoms with Gasteiger partial charge < -0.3 is 53.0 Å². The number of amides is 4. The molecule has 1 heterocycles. The number of carbonyl (C=O) groups excluding carboxylic acids is 4. The van der Waals surface area contributed by atoms with Gasteiger partial charge in [0.25, 0.3) is 0 Å². The molecule has 15 heteroatoms. The van der Waals surface area contributed by atoms with Crippen molar-refractivity contribution in [2.24, 2.45) is 11.5 Å². The number of rotatable bonds is 20. The highest BCUT2D eigenvalue weighted by Gasteiger charge is 2.34. The number of hydrogen-bond donors (Lipinski definition) is 10. The summed E-state index contributed by atoms with van der Waals surface area (Å²) in [5.41, 5.74) is 14.8. The largest absolute Gasteiger partial charge is 0.508 e. The van der Waals surface area contributed by atoms with Gasteiger partial charge in [0.15, 0.2) is 0 Å². The molecule has 3 aromatic carbocycles. The zero-order valence-corrected chi connectivity index (χ0v) is 30.0. The minimum absolute atomic E-state index is 0.0291. The second-order valence-electron chi connectivity index (χ2n) is 13.3. The number of aliphatic carboxylic acids is 1. The van der Waals surface area contributed by atoms with Gasteiger partial charge in [-0.25, -0.2) is 4.79 Å². The van der Waals surface area contributed by atoms with Crippen LogP contribution < -0.4 is 32.7 Å². The van der Waals surface area contributed by atoms with E-state index in [9.17, 15) is 39.3 Å². The molecule has 15 nitrogen and oxygen atoms in total. The Labute approximate surface area is 312 Å². The van der Waals surface area contributed by atoms with E-state index in [1.54, 1.807) is 48.7 Å². The van der Waals surface area contributed by atoms with Crippen molar-refractivity contribution in [1.29, 1.82) is 0 Å². The molecule has 4 aromatic rings. The van der Waals surface area contributed by atoms with Gasteiger partial charge in [0, 0.05) is 29.9 Å². The molecule has 0 aliphatic rings. The lowest BCUT2D eigenvalue weighted by molar-refractivity contribution is -0.143. The number of aliphatic hydroxyl groups is 1. The van der Waals surface area contributed by atoms with Crippen LogP contribution in [0.4, 0.5) is 0 Å². The second-order valence-corrected chi connectivity index (χ2v) is 13.3. The highest BCUT2D eigenvalue weighted by atomic mass is 16.4. The summed E-state index contributed by atoms with van der Waals surface area (Å²) in [6, 6.07) is 15.9. The fourth-order valence-corrected chi connectivity index (χ4v) is 5.99. The van der Waals surface area contributed by atoms with Crippen LogP contribution in [-0.2, 0) is 43.2 Å². The Hall–Kier alpha value is -5.77. The van der Waals surface area contributed by atoms with E-state index in [1.807, 2.05) is 24.3 Å². The Kier molecular flexibility index (Phi) is 15.1. The maximum absolute atomic E-state index is 14.1. The molecular formula is C39H49N7O8. The first-order chi connectivity index (χ1) is 25.9. The third-order valence-corrected chi connectivity index (χ3v) is 9.00. The van der Waals surface area contributed by atoms with Crippen LogP contribution in [-0.4, -0.2) is 92.8 Å². The predicted molar refractivity (Wildman–Crippen MR) is 202 cm³/mol. The molecule has 0 aliphatic heterocycles. The van der Waals surface area contributed by atoms with Crippen LogP contribution in [0.5, 0.6) is 5.75 Å². The Morgan fingerprint density at radius 2 is 1.31 bits per heavy atom. The zero-order chi connectivity index (χ0) is 39.2. The lowest BCUT2D eigenvalue weighted by atomic mass is 10.0. The maximum Gasteiger partial charge on any atom is 0.326 e. The number of carbonyl (C=O) groups is 5. The van der Waals surface area contributed by atoms with Crippen molar-refractivity contribution in [2.45, 2.75) is 81.8 Å². The van der Waals surface area contributed by atoms with Gasteiger partial charge >= 0.3 is 5.97 Å². The summed E-state index contributed by atoms with van der Waals surface area (Å²) in [5, 5.41) is 41.1. The third-order valence-electron chi connectivity index (χ3n) is 9.00. The molecule has 12 N–H and O–H groups in total. The van der Waals surface area contributed by atoms with E-state index < -0.39 is 65.9 Å². The first kappa shape index (κ1) is 41.0. The second kappa shape index (κ2) is 19.9. The number of phenols is 1. The molecule has 288 valence electrons. The standard InChI is InChI=1S/C39H49N7O8/c1-23(47)34(38(52)45-33(39(53)54)20-24-9-3-2-4-10-24)46-36(50)31(13-7-8-18-40)43-37(51)32(21-26-22-42-30-12-6-5-11-28(26)30)44-35(49)29(41)19-25-14-16-27(48)17-15-25/h2-6,9-12,14-17,22-23,29,31-34,42,47-48H,7-8,13,18-21,40-41H2,1H3,(H,43,51)(H,44,49)(H,45,52)(H,46,50)(H,53,54)/t23-,29+,31+,32-,33+,34+/m1/s1. The van der Waals surface area contributed by atoms with Gasteiger partial charge in [0.1, 0.15) is 29.9 Å². The highest BCUT2D eigenvalue weighted by molar-refractivity contribution is 5.96. The van der Waals surface area contributed by atoms with Crippen LogP contribution in [0.1, 0.15) is 42.9 Å². The van der Waals surface area contributed by atoms with Gasteiger partial charge in [0.05, 0.1) is 12.1 Å². The first-order valence-electron chi connectivity index (χ1n) is 17.8. The molecule has 4 rings (SSSR count). The fourth-order valence-electron chi connectivity index (χ4n) is 5.99. The van der Waals surface area contributed by atoms with Crippen molar-refractivity contribution >= 4 is 40.5 Å². The number of H-pyrrole nitrogens is 1. The molecule has 6 atom stereocenters. The number of nitrogens with two attached hydrogens (primary N) is 2. The van der Waals surface area contributed by atoms with E-state index in [1.165, 1.54) is 19.1 Å². The van der Waals surface area contributed by atoms with Crippen molar-refractivity contribution in [2.75, 3.05) is 6.54 Å². The Bertz CT molecular complexity index is 1870. The summed E-state index contributed by atoms with van der Waals surface area (Å²) < 4.78 is 0. The van der Waals surface area contributed by atoms with Gasteiger partial charge in [-0.1, -0.05) is 60.7 Å².